The van der Waals surface area contributed by atoms with E-state index in [2.05, 4.69) is 5.32 Å². The Morgan fingerprint density at radius 3 is 2.39 bits per heavy atom. The molecule has 7 nitrogen and oxygen atoms in total. The number of aliphatic hydroxyl groups is 1. The maximum Gasteiger partial charge on any atom is 0.242 e. The molecular formula is C16H24N2O5. The Balaban J connectivity index is 2.10. The molecule has 0 aliphatic carbocycles. The van der Waals surface area contributed by atoms with Gasteiger partial charge < -0.3 is 25.6 Å². The summed E-state index contributed by atoms with van der Waals surface area (Å²) in [6, 6.07) is 6.32. The lowest BCUT2D eigenvalue weighted by atomic mass is 10.2. The summed E-state index contributed by atoms with van der Waals surface area (Å²) in [5, 5.41) is 11.3. The highest BCUT2D eigenvalue weighted by Gasteiger charge is 2.16. The molecule has 0 heterocycles. The third-order valence-corrected chi connectivity index (χ3v) is 3.24. The standard InChI is InChI=1S/C16H24N2O5/c1-22-12-6-8-13(9-7-12)23-10-4-2-3-5-15(20)18-14(11-19)16(17)21/h6-9,14,19H,2-5,10-11H2,1H3,(H2,17,21)(H,18,20). The number of rotatable bonds is 11. The number of amides is 2. The molecule has 1 aromatic rings. The minimum absolute atomic E-state index is 0.284. The van der Waals surface area contributed by atoms with Crippen LogP contribution in [0.3, 0.4) is 0 Å². The molecule has 0 bridgehead atoms. The van der Waals surface area contributed by atoms with Gasteiger partial charge in [0.15, 0.2) is 0 Å². The van der Waals surface area contributed by atoms with Crippen LogP contribution in [-0.4, -0.2) is 43.3 Å². The molecule has 0 saturated carbocycles. The highest BCUT2D eigenvalue weighted by atomic mass is 16.5. The van der Waals surface area contributed by atoms with Crippen molar-refractivity contribution in [2.24, 2.45) is 5.73 Å². The van der Waals surface area contributed by atoms with Crippen LogP contribution in [-0.2, 0) is 9.59 Å². The van der Waals surface area contributed by atoms with Crippen LogP contribution in [0.1, 0.15) is 25.7 Å². The van der Waals surface area contributed by atoms with Gasteiger partial charge in [-0.25, -0.2) is 0 Å². The van der Waals surface area contributed by atoms with Gasteiger partial charge in [-0.05, 0) is 43.5 Å². The van der Waals surface area contributed by atoms with Gasteiger partial charge in [-0.2, -0.15) is 0 Å². The number of carbonyl (C=O) groups excluding carboxylic acids is 2. The van der Waals surface area contributed by atoms with Gasteiger partial charge >= 0.3 is 0 Å². The highest BCUT2D eigenvalue weighted by Crippen LogP contribution is 2.17. The van der Waals surface area contributed by atoms with Gasteiger partial charge in [-0.1, -0.05) is 0 Å². The molecule has 7 heteroatoms. The second-order valence-corrected chi connectivity index (χ2v) is 5.04. The van der Waals surface area contributed by atoms with E-state index < -0.39 is 18.6 Å². The molecule has 2 amide bonds. The van der Waals surface area contributed by atoms with E-state index in [9.17, 15) is 9.59 Å². The molecule has 0 saturated heterocycles. The predicted octanol–water partition coefficient (Wildman–Crippen LogP) is 0.597. The summed E-state index contributed by atoms with van der Waals surface area (Å²) in [6.07, 6.45) is 2.60. The van der Waals surface area contributed by atoms with Crippen molar-refractivity contribution in [3.8, 4) is 11.5 Å². The SMILES string of the molecule is COc1ccc(OCCCCCC(=O)NC(CO)C(N)=O)cc1. The number of nitrogens with two attached hydrogens (primary N) is 1. The average Bonchev–Trinajstić information content (AvgIpc) is 2.56. The molecule has 1 atom stereocenters. The number of aliphatic hydroxyl groups excluding tert-OH is 1. The number of hydrogen-bond donors (Lipinski definition) is 3. The zero-order valence-corrected chi connectivity index (χ0v) is 13.3. The van der Waals surface area contributed by atoms with Gasteiger partial charge in [0.25, 0.3) is 0 Å². The second kappa shape index (κ2) is 10.4. The number of hydrogen-bond acceptors (Lipinski definition) is 5. The van der Waals surface area contributed by atoms with Crippen molar-refractivity contribution >= 4 is 11.8 Å². The summed E-state index contributed by atoms with van der Waals surface area (Å²) in [6.45, 7) is 0.0747. The molecule has 0 aliphatic heterocycles. The van der Waals surface area contributed by atoms with Gasteiger partial charge in [0.05, 0.1) is 20.3 Å². The van der Waals surface area contributed by atoms with E-state index in [1.54, 1.807) is 7.11 Å². The summed E-state index contributed by atoms with van der Waals surface area (Å²) in [4.78, 5) is 22.4. The summed E-state index contributed by atoms with van der Waals surface area (Å²) >= 11 is 0. The van der Waals surface area contributed by atoms with Crippen LogP contribution < -0.4 is 20.5 Å². The summed E-state index contributed by atoms with van der Waals surface area (Å²) in [5.41, 5.74) is 5.03. The van der Waals surface area contributed by atoms with Crippen LogP contribution in [0.15, 0.2) is 24.3 Å². The Hall–Kier alpha value is -2.28. The zero-order chi connectivity index (χ0) is 17.1. The van der Waals surface area contributed by atoms with Gasteiger partial charge in [0.1, 0.15) is 17.5 Å². The Labute approximate surface area is 135 Å². The average molecular weight is 324 g/mol. The number of benzene rings is 1. The first-order valence-electron chi connectivity index (χ1n) is 7.53. The first-order chi connectivity index (χ1) is 11.1. The molecule has 0 radical (unpaired) electrons. The quantitative estimate of drug-likeness (QED) is 0.516. The highest BCUT2D eigenvalue weighted by molar-refractivity contribution is 5.86. The lowest BCUT2D eigenvalue weighted by Crippen LogP contribution is -2.46. The van der Waals surface area contributed by atoms with Crippen LogP contribution in [0.5, 0.6) is 11.5 Å². The van der Waals surface area contributed by atoms with Crippen molar-refractivity contribution in [2.75, 3.05) is 20.3 Å². The number of nitrogens with one attached hydrogen (secondary N) is 1. The van der Waals surface area contributed by atoms with E-state index in [1.807, 2.05) is 24.3 Å². The van der Waals surface area contributed by atoms with Crippen LogP contribution in [0.25, 0.3) is 0 Å². The van der Waals surface area contributed by atoms with E-state index in [0.717, 1.165) is 24.3 Å². The molecule has 1 aromatic carbocycles. The largest absolute Gasteiger partial charge is 0.497 e. The molecular weight excluding hydrogens is 300 g/mol. The lowest BCUT2D eigenvalue weighted by molar-refractivity contribution is -0.128. The first-order valence-corrected chi connectivity index (χ1v) is 7.53. The van der Waals surface area contributed by atoms with Crippen LogP contribution >= 0.6 is 0 Å². The van der Waals surface area contributed by atoms with Crippen molar-refractivity contribution in [1.82, 2.24) is 5.32 Å². The fourth-order valence-electron chi connectivity index (χ4n) is 1.90. The molecule has 4 N–H and O–H groups in total. The Bertz CT molecular complexity index is 490. The number of primary amides is 1. The third kappa shape index (κ3) is 7.51. The van der Waals surface area contributed by atoms with E-state index in [0.29, 0.717) is 13.0 Å². The maximum absolute atomic E-state index is 11.6. The van der Waals surface area contributed by atoms with Crippen molar-refractivity contribution in [3.05, 3.63) is 24.3 Å². The Kier molecular flexibility index (Phi) is 8.52. The van der Waals surface area contributed by atoms with Gasteiger partial charge in [-0.3, -0.25) is 9.59 Å². The number of methoxy groups -OCH3 is 1. The molecule has 1 rings (SSSR count). The van der Waals surface area contributed by atoms with E-state index in [-0.39, 0.29) is 12.3 Å². The number of unbranched alkanes of at least 4 members (excludes halogenated alkanes) is 2. The van der Waals surface area contributed by atoms with Crippen LogP contribution in [0.4, 0.5) is 0 Å². The van der Waals surface area contributed by atoms with E-state index in [1.165, 1.54) is 0 Å². The molecule has 0 fully saturated rings. The molecule has 0 aromatic heterocycles. The molecule has 0 aliphatic rings. The third-order valence-electron chi connectivity index (χ3n) is 3.24. The van der Waals surface area contributed by atoms with Crippen molar-refractivity contribution in [2.45, 2.75) is 31.7 Å². The fourth-order valence-corrected chi connectivity index (χ4v) is 1.90. The summed E-state index contributed by atoms with van der Waals surface area (Å²) < 4.78 is 10.6. The Morgan fingerprint density at radius 2 is 1.83 bits per heavy atom. The maximum atomic E-state index is 11.6. The predicted molar refractivity (Wildman–Crippen MR) is 85.2 cm³/mol. The van der Waals surface area contributed by atoms with Gasteiger partial charge in [-0.15, -0.1) is 0 Å². The number of carbonyl (C=O) groups is 2. The summed E-state index contributed by atoms with van der Waals surface area (Å²) in [5.74, 6) is 0.518. The normalized spacial score (nSPS) is 11.6. The van der Waals surface area contributed by atoms with E-state index >= 15 is 0 Å². The van der Waals surface area contributed by atoms with Gasteiger partial charge in [0.2, 0.25) is 11.8 Å². The van der Waals surface area contributed by atoms with Gasteiger partial charge in [0, 0.05) is 6.42 Å². The van der Waals surface area contributed by atoms with E-state index in [4.69, 9.17) is 20.3 Å². The van der Waals surface area contributed by atoms with Crippen LogP contribution in [0, 0.1) is 0 Å². The number of ether oxygens (including phenoxy) is 2. The fraction of sp³-hybridized carbons (Fsp3) is 0.500. The lowest BCUT2D eigenvalue weighted by Gasteiger charge is -2.12. The molecule has 23 heavy (non-hydrogen) atoms. The minimum Gasteiger partial charge on any atom is -0.497 e. The molecule has 128 valence electrons. The monoisotopic (exact) mass is 324 g/mol. The van der Waals surface area contributed by atoms with Crippen molar-refractivity contribution in [1.29, 1.82) is 0 Å². The zero-order valence-electron chi connectivity index (χ0n) is 13.3. The first kappa shape index (κ1) is 18.8. The Morgan fingerprint density at radius 1 is 1.17 bits per heavy atom. The van der Waals surface area contributed by atoms with Crippen molar-refractivity contribution < 1.29 is 24.2 Å². The topological polar surface area (TPSA) is 111 Å². The smallest absolute Gasteiger partial charge is 0.242 e. The van der Waals surface area contributed by atoms with Crippen LogP contribution in [0.2, 0.25) is 0 Å². The minimum atomic E-state index is -1.01. The van der Waals surface area contributed by atoms with Crippen molar-refractivity contribution in [3.63, 3.8) is 0 Å². The summed E-state index contributed by atoms with van der Waals surface area (Å²) in [7, 11) is 1.61. The molecule has 1 unspecified atom stereocenters. The molecule has 0 spiro atoms. The second-order valence-electron chi connectivity index (χ2n) is 5.04.